The SMILES string of the molecule is O=[N+]([O-])c1cccc(C2Cc3nc4ccccc4c(-c4ccccc4)c3S2)c1. The molecule has 4 aromatic rings. The summed E-state index contributed by atoms with van der Waals surface area (Å²) >= 11 is 1.76. The summed E-state index contributed by atoms with van der Waals surface area (Å²) in [4.78, 5) is 16.9. The van der Waals surface area contributed by atoms with E-state index in [1.165, 1.54) is 22.1 Å². The van der Waals surface area contributed by atoms with E-state index in [2.05, 4.69) is 30.3 Å². The Morgan fingerprint density at radius 1 is 0.964 bits per heavy atom. The maximum Gasteiger partial charge on any atom is 0.269 e. The lowest BCUT2D eigenvalue weighted by Gasteiger charge is -2.12. The number of nitro groups is 1. The molecule has 0 N–H and O–H groups in total. The average molecular weight is 384 g/mol. The molecule has 4 nitrogen and oxygen atoms in total. The van der Waals surface area contributed by atoms with Gasteiger partial charge in [-0.1, -0.05) is 60.7 Å². The minimum absolute atomic E-state index is 0.127. The summed E-state index contributed by atoms with van der Waals surface area (Å²) in [5, 5.41) is 12.4. The predicted octanol–water partition coefficient (Wildman–Crippen LogP) is 6.20. The van der Waals surface area contributed by atoms with Gasteiger partial charge in [0.25, 0.3) is 5.69 Å². The Balaban J connectivity index is 1.66. The molecule has 0 fully saturated rings. The number of benzene rings is 3. The van der Waals surface area contributed by atoms with Crippen LogP contribution in [0.5, 0.6) is 0 Å². The summed E-state index contributed by atoms with van der Waals surface area (Å²) in [6, 6.07) is 25.6. The van der Waals surface area contributed by atoms with Gasteiger partial charge in [-0.3, -0.25) is 15.1 Å². The van der Waals surface area contributed by atoms with Crippen LogP contribution in [0.2, 0.25) is 0 Å². The molecule has 2 heterocycles. The van der Waals surface area contributed by atoms with Gasteiger partial charge in [0.2, 0.25) is 0 Å². The second-order valence-corrected chi connectivity index (χ2v) is 8.02. The monoisotopic (exact) mass is 384 g/mol. The number of aromatic nitrogens is 1. The number of fused-ring (bicyclic) bond motifs is 2. The molecular formula is C23H16N2O2S. The maximum atomic E-state index is 11.2. The van der Waals surface area contributed by atoms with E-state index in [-0.39, 0.29) is 15.9 Å². The summed E-state index contributed by atoms with van der Waals surface area (Å²) < 4.78 is 0. The number of thioether (sulfide) groups is 1. The zero-order valence-corrected chi connectivity index (χ0v) is 15.7. The normalized spacial score (nSPS) is 15.5. The van der Waals surface area contributed by atoms with Gasteiger partial charge in [-0.15, -0.1) is 11.8 Å². The quantitative estimate of drug-likeness (QED) is 0.312. The summed E-state index contributed by atoms with van der Waals surface area (Å²) in [5.41, 5.74) is 5.54. The van der Waals surface area contributed by atoms with E-state index in [0.29, 0.717) is 0 Å². The van der Waals surface area contributed by atoms with E-state index < -0.39 is 0 Å². The van der Waals surface area contributed by atoms with Crippen LogP contribution in [0.3, 0.4) is 0 Å². The van der Waals surface area contributed by atoms with Crippen molar-refractivity contribution in [3.8, 4) is 11.1 Å². The Morgan fingerprint density at radius 2 is 1.75 bits per heavy atom. The van der Waals surface area contributed by atoms with Crippen LogP contribution >= 0.6 is 11.8 Å². The van der Waals surface area contributed by atoms with Crippen LogP contribution in [0.25, 0.3) is 22.0 Å². The van der Waals surface area contributed by atoms with Gasteiger partial charge < -0.3 is 0 Å². The van der Waals surface area contributed by atoms with Crippen LogP contribution in [0.4, 0.5) is 5.69 Å². The fourth-order valence-electron chi connectivity index (χ4n) is 3.79. The number of pyridine rings is 1. The number of para-hydroxylation sites is 1. The molecule has 1 aliphatic rings. The topological polar surface area (TPSA) is 56.0 Å². The molecular weight excluding hydrogens is 368 g/mol. The molecule has 136 valence electrons. The summed E-state index contributed by atoms with van der Waals surface area (Å²) in [5.74, 6) is 0. The van der Waals surface area contributed by atoms with Gasteiger partial charge in [0, 0.05) is 39.6 Å². The van der Waals surface area contributed by atoms with E-state index in [1.54, 1.807) is 23.9 Å². The first-order valence-electron chi connectivity index (χ1n) is 9.09. The molecule has 1 unspecified atom stereocenters. The first-order chi connectivity index (χ1) is 13.7. The van der Waals surface area contributed by atoms with Crippen molar-refractivity contribution >= 4 is 28.4 Å². The molecule has 5 heteroatoms. The Hall–Kier alpha value is -3.18. The summed E-state index contributed by atoms with van der Waals surface area (Å²) in [7, 11) is 0. The molecule has 0 bridgehead atoms. The van der Waals surface area contributed by atoms with Crippen molar-refractivity contribution in [3.05, 3.63) is 100 Å². The third-order valence-corrected chi connectivity index (χ3v) is 6.47. The smallest absolute Gasteiger partial charge is 0.258 e. The van der Waals surface area contributed by atoms with Crippen LogP contribution in [0.15, 0.2) is 83.8 Å². The largest absolute Gasteiger partial charge is 0.269 e. The molecule has 28 heavy (non-hydrogen) atoms. The standard InChI is InChI=1S/C23H16N2O2S/c26-25(27)17-10-6-9-16(13-17)21-14-20-23(28-21)22(15-7-2-1-3-8-15)18-11-4-5-12-19(18)24-20/h1-13,21H,14H2. The van der Waals surface area contributed by atoms with Crippen molar-refractivity contribution in [2.45, 2.75) is 16.6 Å². The molecule has 0 aliphatic carbocycles. The van der Waals surface area contributed by atoms with Crippen molar-refractivity contribution in [3.63, 3.8) is 0 Å². The lowest BCUT2D eigenvalue weighted by molar-refractivity contribution is -0.384. The Morgan fingerprint density at radius 3 is 2.57 bits per heavy atom. The fraction of sp³-hybridized carbons (Fsp3) is 0.0870. The molecule has 0 saturated carbocycles. The summed E-state index contributed by atoms with van der Waals surface area (Å²) in [6.07, 6.45) is 0.770. The number of nitrogens with zero attached hydrogens (tertiary/aromatic N) is 2. The highest BCUT2D eigenvalue weighted by molar-refractivity contribution is 8.00. The lowest BCUT2D eigenvalue weighted by Crippen LogP contribution is -1.96. The van der Waals surface area contributed by atoms with Gasteiger partial charge in [-0.25, -0.2) is 0 Å². The van der Waals surface area contributed by atoms with Gasteiger partial charge in [-0.2, -0.15) is 0 Å². The zero-order valence-electron chi connectivity index (χ0n) is 14.9. The highest BCUT2D eigenvalue weighted by Crippen LogP contribution is 2.51. The van der Waals surface area contributed by atoms with Crippen molar-refractivity contribution in [1.82, 2.24) is 4.98 Å². The Labute approximate surface area is 166 Å². The maximum absolute atomic E-state index is 11.2. The Bertz CT molecular complexity index is 1210. The highest BCUT2D eigenvalue weighted by Gasteiger charge is 2.30. The van der Waals surface area contributed by atoms with E-state index in [0.717, 1.165) is 28.6 Å². The van der Waals surface area contributed by atoms with Crippen molar-refractivity contribution < 1.29 is 4.92 Å². The number of hydrogen-bond acceptors (Lipinski definition) is 4. The van der Waals surface area contributed by atoms with Crippen LogP contribution < -0.4 is 0 Å². The van der Waals surface area contributed by atoms with Gasteiger partial charge in [0.1, 0.15) is 0 Å². The molecule has 1 aliphatic heterocycles. The lowest BCUT2D eigenvalue weighted by atomic mass is 9.98. The van der Waals surface area contributed by atoms with Crippen LogP contribution in [0, 0.1) is 10.1 Å². The van der Waals surface area contributed by atoms with E-state index >= 15 is 0 Å². The van der Waals surface area contributed by atoms with Gasteiger partial charge in [-0.05, 0) is 17.2 Å². The van der Waals surface area contributed by atoms with Crippen molar-refractivity contribution in [1.29, 1.82) is 0 Å². The van der Waals surface area contributed by atoms with E-state index in [9.17, 15) is 10.1 Å². The van der Waals surface area contributed by atoms with Gasteiger partial charge in [0.15, 0.2) is 0 Å². The molecule has 1 aromatic heterocycles. The second kappa shape index (κ2) is 6.77. The summed E-state index contributed by atoms with van der Waals surface area (Å²) in [6.45, 7) is 0. The number of hydrogen-bond donors (Lipinski definition) is 0. The molecule has 0 amide bonds. The number of nitro benzene ring substituents is 1. The van der Waals surface area contributed by atoms with Crippen LogP contribution in [-0.4, -0.2) is 9.91 Å². The molecule has 1 atom stereocenters. The Kier molecular flexibility index (Phi) is 4.10. The van der Waals surface area contributed by atoms with Crippen LogP contribution in [0.1, 0.15) is 16.5 Å². The molecule has 0 spiro atoms. The molecule has 0 saturated heterocycles. The van der Waals surface area contributed by atoms with E-state index in [1.807, 2.05) is 30.3 Å². The third kappa shape index (κ3) is 2.84. The minimum atomic E-state index is -0.335. The molecule has 3 aromatic carbocycles. The van der Waals surface area contributed by atoms with E-state index in [4.69, 9.17) is 4.98 Å². The predicted molar refractivity (Wildman–Crippen MR) is 113 cm³/mol. The average Bonchev–Trinajstić information content (AvgIpc) is 3.16. The third-order valence-electron chi connectivity index (χ3n) is 5.07. The van der Waals surface area contributed by atoms with Crippen molar-refractivity contribution in [2.24, 2.45) is 0 Å². The first kappa shape index (κ1) is 17.0. The molecule has 0 radical (unpaired) electrons. The molecule has 5 rings (SSSR count). The first-order valence-corrected chi connectivity index (χ1v) is 9.97. The number of rotatable bonds is 3. The number of non-ortho nitro benzene ring substituents is 1. The van der Waals surface area contributed by atoms with Crippen molar-refractivity contribution in [2.75, 3.05) is 0 Å². The highest BCUT2D eigenvalue weighted by atomic mass is 32.2. The second-order valence-electron chi connectivity index (χ2n) is 6.81. The minimum Gasteiger partial charge on any atom is -0.258 e. The fourth-order valence-corrected chi connectivity index (χ4v) is 5.21. The zero-order chi connectivity index (χ0) is 19.1. The van der Waals surface area contributed by atoms with Crippen LogP contribution in [-0.2, 0) is 6.42 Å². The van der Waals surface area contributed by atoms with Gasteiger partial charge >= 0.3 is 0 Å². The van der Waals surface area contributed by atoms with Gasteiger partial charge in [0.05, 0.1) is 16.1 Å².